The lowest BCUT2D eigenvalue weighted by Gasteiger charge is -2.30. The summed E-state index contributed by atoms with van der Waals surface area (Å²) in [6, 6.07) is 0. The highest BCUT2D eigenvalue weighted by atomic mass is 79.9. The molecule has 0 unspecified atom stereocenters. The molecule has 4 heteroatoms. The van der Waals surface area contributed by atoms with E-state index >= 15 is 0 Å². The molecule has 0 atom stereocenters. The quantitative estimate of drug-likeness (QED) is 0.491. The Bertz CT molecular complexity index is 319. The first-order chi connectivity index (χ1) is 9.72. The Morgan fingerprint density at radius 1 is 1.24 bits per heavy atom. The molecule has 21 heavy (non-hydrogen) atoms. The molecule has 0 saturated carbocycles. The van der Waals surface area contributed by atoms with E-state index < -0.39 is 0 Å². The van der Waals surface area contributed by atoms with Gasteiger partial charge in [-0.1, -0.05) is 29.8 Å². The number of alkyl halides is 1. The van der Waals surface area contributed by atoms with Crippen molar-refractivity contribution in [3.05, 3.63) is 0 Å². The molecule has 0 aliphatic rings. The van der Waals surface area contributed by atoms with Gasteiger partial charge in [-0.05, 0) is 40.5 Å². The summed E-state index contributed by atoms with van der Waals surface area (Å²) in [6.45, 7) is 12.8. The van der Waals surface area contributed by atoms with E-state index in [1.54, 1.807) is 0 Å². The van der Waals surface area contributed by atoms with Gasteiger partial charge in [0.05, 0.1) is 5.60 Å². The molecule has 0 heterocycles. The molecule has 0 spiro atoms. The summed E-state index contributed by atoms with van der Waals surface area (Å²) in [7, 11) is 0. The van der Waals surface area contributed by atoms with Crippen LogP contribution in [0, 0.1) is 12.3 Å². The van der Waals surface area contributed by atoms with Crippen molar-refractivity contribution < 1.29 is 9.53 Å². The van der Waals surface area contributed by atoms with Crippen LogP contribution in [0.1, 0.15) is 67.2 Å². The molecule has 124 valence electrons. The molecule has 0 saturated heterocycles. The van der Waals surface area contributed by atoms with Crippen molar-refractivity contribution in [2.24, 2.45) is 0 Å². The first-order valence-corrected chi connectivity index (χ1v) is 8.79. The molecule has 3 nitrogen and oxygen atoms in total. The Morgan fingerprint density at radius 3 is 2.29 bits per heavy atom. The van der Waals surface area contributed by atoms with Gasteiger partial charge < -0.3 is 10.1 Å². The third kappa shape index (κ3) is 14.2. The maximum Gasteiger partial charge on any atom is 0.221 e. The van der Waals surface area contributed by atoms with E-state index in [1.165, 1.54) is 0 Å². The molecule has 0 aliphatic carbocycles. The van der Waals surface area contributed by atoms with Crippen molar-refractivity contribution in [3.8, 4) is 12.3 Å². The van der Waals surface area contributed by atoms with Gasteiger partial charge in [-0.25, -0.2) is 0 Å². The van der Waals surface area contributed by atoms with Crippen molar-refractivity contribution in [2.45, 2.75) is 78.4 Å². The second-order valence-corrected chi connectivity index (χ2v) is 6.73. The number of carbonyl (C=O) groups excluding carboxylic acids is 1. The fourth-order valence-corrected chi connectivity index (χ4v) is 2.53. The summed E-state index contributed by atoms with van der Waals surface area (Å²) >= 11 is 3.42. The summed E-state index contributed by atoms with van der Waals surface area (Å²) in [4.78, 5) is 11.6. The van der Waals surface area contributed by atoms with Gasteiger partial charge >= 0.3 is 0 Å². The third-order valence-corrected chi connectivity index (χ3v) is 3.29. The van der Waals surface area contributed by atoms with Crippen LogP contribution in [0.3, 0.4) is 0 Å². The summed E-state index contributed by atoms with van der Waals surface area (Å²) in [5.41, 5.74) is -0.400. The molecule has 0 aliphatic heterocycles. The van der Waals surface area contributed by atoms with E-state index in [-0.39, 0.29) is 17.0 Å². The fraction of sp³-hybridized carbons (Fsp3) is 0.824. The second-order valence-electron chi connectivity index (χ2n) is 5.93. The maximum atomic E-state index is 11.6. The van der Waals surface area contributed by atoms with Gasteiger partial charge in [-0.3, -0.25) is 4.79 Å². The Kier molecular flexibility index (Phi) is 13.1. The first kappa shape index (κ1) is 22.7. The standard InChI is InChI=1S/C15H26BrNO2.C2H6/c1-6-7-8-13(18)17-14(2,3)10-12-19-15(4,5)9-11-16;1-2/h1H,7-12H2,2-5H3,(H,17,18);1-2H3. The lowest BCUT2D eigenvalue weighted by atomic mass is 10.00. The van der Waals surface area contributed by atoms with Crippen LogP contribution < -0.4 is 5.32 Å². The highest BCUT2D eigenvalue weighted by Gasteiger charge is 2.23. The average molecular weight is 362 g/mol. The molecule has 0 rings (SSSR count). The second kappa shape index (κ2) is 12.1. The average Bonchev–Trinajstić information content (AvgIpc) is 2.37. The Labute approximate surface area is 139 Å². The largest absolute Gasteiger partial charge is 0.375 e. The first-order valence-electron chi connectivity index (χ1n) is 7.67. The SMILES string of the molecule is C#CCCC(=O)NC(C)(C)CCOC(C)(C)CCBr.CC. The summed E-state index contributed by atoms with van der Waals surface area (Å²) < 4.78 is 5.85. The van der Waals surface area contributed by atoms with E-state index in [0.29, 0.717) is 19.4 Å². The molecule has 0 aromatic heterocycles. The monoisotopic (exact) mass is 361 g/mol. The Hall–Kier alpha value is -0.530. The molecule has 1 N–H and O–H groups in total. The van der Waals surface area contributed by atoms with Crippen molar-refractivity contribution in [3.63, 3.8) is 0 Å². The topological polar surface area (TPSA) is 38.3 Å². The number of hydrogen-bond acceptors (Lipinski definition) is 2. The highest BCUT2D eigenvalue weighted by Crippen LogP contribution is 2.18. The van der Waals surface area contributed by atoms with E-state index in [2.05, 4.69) is 41.0 Å². The zero-order valence-electron chi connectivity index (χ0n) is 14.5. The minimum atomic E-state index is -0.268. The van der Waals surface area contributed by atoms with Crippen molar-refractivity contribution in [2.75, 3.05) is 11.9 Å². The van der Waals surface area contributed by atoms with Crippen molar-refractivity contribution in [1.82, 2.24) is 5.32 Å². The van der Waals surface area contributed by atoms with Gasteiger partial charge in [-0.2, -0.15) is 0 Å². The normalized spacial score (nSPS) is 11.1. The lowest BCUT2D eigenvalue weighted by molar-refractivity contribution is -0.122. The lowest BCUT2D eigenvalue weighted by Crippen LogP contribution is -2.44. The molecule has 0 aromatic rings. The third-order valence-electron chi connectivity index (χ3n) is 2.89. The van der Waals surface area contributed by atoms with Gasteiger partial charge in [-0.15, -0.1) is 12.3 Å². The Balaban J connectivity index is 0. The number of halogens is 1. The molecule has 1 amide bonds. The number of terminal acetylenes is 1. The van der Waals surface area contributed by atoms with Crippen LogP contribution in [0.4, 0.5) is 0 Å². The van der Waals surface area contributed by atoms with Gasteiger partial charge in [0, 0.05) is 30.3 Å². The number of carbonyl (C=O) groups is 1. The van der Waals surface area contributed by atoms with Crippen LogP contribution in [0.2, 0.25) is 0 Å². The van der Waals surface area contributed by atoms with Crippen LogP contribution in [-0.4, -0.2) is 29.0 Å². The summed E-state index contributed by atoms with van der Waals surface area (Å²) in [5.74, 6) is 2.47. The van der Waals surface area contributed by atoms with Crippen molar-refractivity contribution in [1.29, 1.82) is 0 Å². The minimum absolute atomic E-state index is 0.00247. The number of nitrogens with one attached hydrogen (secondary N) is 1. The number of ether oxygens (including phenoxy) is 1. The number of rotatable bonds is 9. The minimum Gasteiger partial charge on any atom is -0.375 e. The summed E-state index contributed by atoms with van der Waals surface area (Å²) in [5, 5.41) is 3.91. The van der Waals surface area contributed by atoms with Crippen LogP contribution in [0.25, 0.3) is 0 Å². The number of amides is 1. The molecule has 0 fully saturated rings. The van der Waals surface area contributed by atoms with Gasteiger partial charge in [0.2, 0.25) is 5.91 Å². The maximum absolute atomic E-state index is 11.6. The molecule has 0 radical (unpaired) electrons. The van der Waals surface area contributed by atoms with Gasteiger partial charge in [0.1, 0.15) is 0 Å². The molecule has 0 bridgehead atoms. The highest BCUT2D eigenvalue weighted by molar-refractivity contribution is 9.09. The number of hydrogen-bond donors (Lipinski definition) is 1. The van der Waals surface area contributed by atoms with Gasteiger partial charge in [0.15, 0.2) is 0 Å². The van der Waals surface area contributed by atoms with Crippen LogP contribution in [0.5, 0.6) is 0 Å². The zero-order valence-corrected chi connectivity index (χ0v) is 16.1. The van der Waals surface area contributed by atoms with Crippen LogP contribution in [0.15, 0.2) is 0 Å². The van der Waals surface area contributed by atoms with E-state index in [0.717, 1.165) is 18.2 Å². The van der Waals surface area contributed by atoms with Crippen LogP contribution in [-0.2, 0) is 9.53 Å². The van der Waals surface area contributed by atoms with E-state index in [1.807, 2.05) is 27.7 Å². The molecular formula is C17H32BrNO2. The smallest absolute Gasteiger partial charge is 0.221 e. The summed E-state index contributed by atoms with van der Waals surface area (Å²) in [6.07, 6.45) is 7.75. The predicted molar refractivity (Wildman–Crippen MR) is 94.7 cm³/mol. The zero-order chi connectivity index (χ0) is 16.9. The van der Waals surface area contributed by atoms with Crippen LogP contribution >= 0.6 is 15.9 Å². The van der Waals surface area contributed by atoms with E-state index in [9.17, 15) is 4.79 Å². The van der Waals surface area contributed by atoms with Crippen molar-refractivity contribution >= 4 is 21.8 Å². The fourth-order valence-electron chi connectivity index (χ4n) is 1.57. The predicted octanol–water partition coefficient (Wildman–Crippen LogP) is 4.29. The van der Waals surface area contributed by atoms with E-state index in [4.69, 9.17) is 11.2 Å². The molecular weight excluding hydrogens is 330 g/mol. The van der Waals surface area contributed by atoms with Gasteiger partial charge in [0.25, 0.3) is 0 Å². The Morgan fingerprint density at radius 2 is 1.81 bits per heavy atom. The molecule has 0 aromatic carbocycles.